The summed E-state index contributed by atoms with van der Waals surface area (Å²) in [6.07, 6.45) is 2.01. The Hall–Kier alpha value is -2.05. The van der Waals surface area contributed by atoms with E-state index >= 15 is 0 Å². The van der Waals surface area contributed by atoms with E-state index in [4.69, 9.17) is 11.6 Å². The molecule has 2 amide bonds. The molecule has 1 heterocycles. The van der Waals surface area contributed by atoms with E-state index in [9.17, 15) is 14.0 Å². The second-order valence-corrected chi connectivity index (χ2v) is 7.82. The molecule has 2 aliphatic rings. The highest BCUT2D eigenvalue weighted by atomic mass is 35.5. The lowest BCUT2D eigenvalue weighted by atomic mass is 10.1. The average Bonchev–Trinajstić information content (AvgIpc) is 3.43. The molecule has 1 fully saturated rings. The normalized spacial score (nSPS) is 16.4. The summed E-state index contributed by atoms with van der Waals surface area (Å²) >= 11 is 7.54. The number of carbonyl (C=O) groups excluding carboxylic acids is 2. The number of amides is 2. The monoisotopic (exact) mass is 390 g/mol. The van der Waals surface area contributed by atoms with Gasteiger partial charge in [-0.25, -0.2) is 4.39 Å². The van der Waals surface area contributed by atoms with Gasteiger partial charge in [0, 0.05) is 27.1 Å². The Morgan fingerprint density at radius 2 is 2.12 bits per heavy atom. The summed E-state index contributed by atoms with van der Waals surface area (Å²) in [7, 11) is 0. The number of hydrogen-bond donors (Lipinski definition) is 1. The molecular weight excluding hydrogens is 375 g/mol. The predicted octanol–water partition coefficient (Wildman–Crippen LogP) is 4.01. The van der Waals surface area contributed by atoms with Crippen LogP contribution < -0.4 is 10.2 Å². The van der Waals surface area contributed by atoms with Gasteiger partial charge in [0.25, 0.3) is 5.91 Å². The van der Waals surface area contributed by atoms with Crippen molar-refractivity contribution in [2.24, 2.45) is 0 Å². The SMILES string of the molecule is O=C(NC1CC1)c1ccc2c(c1)N(Cc1c(F)cccc1Cl)C(=O)CS2. The molecule has 0 spiro atoms. The van der Waals surface area contributed by atoms with E-state index in [1.165, 1.54) is 28.8 Å². The van der Waals surface area contributed by atoms with Crippen molar-refractivity contribution in [3.63, 3.8) is 0 Å². The maximum Gasteiger partial charge on any atom is 0.251 e. The topological polar surface area (TPSA) is 49.4 Å². The molecular formula is C19H16ClFN2O2S. The van der Waals surface area contributed by atoms with Crippen LogP contribution in [0.4, 0.5) is 10.1 Å². The van der Waals surface area contributed by atoms with E-state index in [0.717, 1.165) is 17.7 Å². The first-order chi connectivity index (χ1) is 12.5. The van der Waals surface area contributed by atoms with Crippen LogP contribution in [0.15, 0.2) is 41.3 Å². The van der Waals surface area contributed by atoms with Crippen LogP contribution in [0.5, 0.6) is 0 Å². The zero-order chi connectivity index (χ0) is 18.3. The minimum atomic E-state index is -0.451. The molecule has 26 heavy (non-hydrogen) atoms. The Kier molecular flexibility index (Phi) is 4.63. The molecule has 1 N–H and O–H groups in total. The average molecular weight is 391 g/mol. The smallest absolute Gasteiger partial charge is 0.251 e. The molecule has 2 aromatic rings. The van der Waals surface area contributed by atoms with Gasteiger partial charge in [-0.1, -0.05) is 17.7 Å². The second kappa shape index (κ2) is 6.93. The summed E-state index contributed by atoms with van der Waals surface area (Å²) in [5, 5.41) is 3.22. The van der Waals surface area contributed by atoms with E-state index in [1.54, 1.807) is 18.2 Å². The predicted molar refractivity (Wildman–Crippen MR) is 100 cm³/mol. The molecule has 0 radical (unpaired) electrons. The van der Waals surface area contributed by atoms with Crippen LogP contribution >= 0.6 is 23.4 Å². The molecule has 134 valence electrons. The van der Waals surface area contributed by atoms with Crippen molar-refractivity contribution in [1.29, 1.82) is 0 Å². The van der Waals surface area contributed by atoms with E-state index in [0.29, 0.717) is 11.3 Å². The molecule has 0 aromatic heterocycles. The molecule has 0 atom stereocenters. The number of carbonyl (C=O) groups is 2. The van der Waals surface area contributed by atoms with Crippen molar-refractivity contribution < 1.29 is 14.0 Å². The van der Waals surface area contributed by atoms with Gasteiger partial charge in [-0.15, -0.1) is 11.8 Å². The largest absolute Gasteiger partial charge is 0.349 e. The molecule has 7 heteroatoms. The Bertz CT molecular complexity index is 881. The molecule has 4 nitrogen and oxygen atoms in total. The first-order valence-electron chi connectivity index (χ1n) is 8.34. The van der Waals surface area contributed by atoms with Gasteiger partial charge in [-0.2, -0.15) is 0 Å². The van der Waals surface area contributed by atoms with E-state index in [1.807, 2.05) is 6.07 Å². The summed E-state index contributed by atoms with van der Waals surface area (Å²) in [6, 6.07) is 10.0. The van der Waals surface area contributed by atoms with Gasteiger partial charge in [-0.3, -0.25) is 9.59 Å². The maximum atomic E-state index is 14.2. The Morgan fingerprint density at radius 1 is 1.31 bits per heavy atom. The fourth-order valence-corrected chi connectivity index (χ4v) is 3.99. The number of halogens is 2. The van der Waals surface area contributed by atoms with Gasteiger partial charge in [0.05, 0.1) is 18.0 Å². The number of rotatable bonds is 4. The van der Waals surface area contributed by atoms with Crippen LogP contribution in [0.1, 0.15) is 28.8 Å². The summed E-state index contributed by atoms with van der Waals surface area (Å²) < 4.78 is 14.2. The number of benzene rings is 2. The van der Waals surface area contributed by atoms with Crippen molar-refractivity contribution in [3.05, 3.63) is 58.4 Å². The van der Waals surface area contributed by atoms with Crippen LogP contribution in [0.2, 0.25) is 5.02 Å². The summed E-state index contributed by atoms with van der Waals surface area (Å²) in [4.78, 5) is 27.2. The number of nitrogens with zero attached hydrogens (tertiary/aromatic N) is 1. The highest BCUT2D eigenvalue weighted by Crippen LogP contribution is 2.38. The van der Waals surface area contributed by atoms with Crippen molar-refractivity contribution in [3.8, 4) is 0 Å². The van der Waals surface area contributed by atoms with E-state index < -0.39 is 5.82 Å². The van der Waals surface area contributed by atoms with E-state index in [-0.39, 0.29) is 40.7 Å². The lowest BCUT2D eigenvalue weighted by Gasteiger charge is -2.30. The van der Waals surface area contributed by atoms with Crippen molar-refractivity contribution in [2.45, 2.75) is 30.3 Å². The third kappa shape index (κ3) is 3.44. The number of hydrogen-bond acceptors (Lipinski definition) is 3. The molecule has 0 unspecified atom stereocenters. The lowest BCUT2D eigenvalue weighted by molar-refractivity contribution is -0.116. The fraction of sp³-hybridized carbons (Fsp3) is 0.263. The van der Waals surface area contributed by atoms with Crippen LogP contribution in [-0.4, -0.2) is 23.6 Å². The summed E-state index contributed by atoms with van der Waals surface area (Å²) in [5.41, 5.74) is 1.39. The molecule has 2 aromatic carbocycles. The highest BCUT2D eigenvalue weighted by molar-refractivity contribution is 8.00. The second-order valence-electron chi connectivity index (χ2n) is 6.40. The molecule has 1 aliphatic heterocycles. The van der Waals surface area contributed by atoms with Crippen LogP contribution in [0, 0.1) is 5.82 Å². The van der Waals surface area contributed by atoms with Gasteiger partial charge in [0.1, 0.15) is 5.82 Å². The first kappa shape index (κ1) is 17.4. The number of nitrogens with one attached hydrogen (secondary N) is 1. The Morgan fingerprint density at radius 3 is 2.85 bits per heavy atom. The fourth-order valence-electron chi connectivity index (χ4n) is 2.85. The minimum absolute atomic E-state index is 0.0333. The standard InChI is InChI=1S/C19H16ClFN2O2S/c20-14-2-1-3-15(21)13(14)9-23-16-8-11(19(25)22-12-5-6-12)4-7-17(16)26-10-18(23)24/h1-4,7-8,12H,5-6,9-10H2,(H,22,25). The molecule has 0 bridgehead atoms. The van der Waals surface area contributed by atoms with Crippen LogP contribution in [0.3, 0.4) is 0 Å². The third-order valence-electron chi connectivity index (χ3n) is 4.45. The zero-order valence-corrected chi connectivity index (χ0v) is 15.4. The van der Waals surface area contributed by atoms with Gasteiger partial charge in [-0.05, 0) is 43.2 Å². The third-order valence-corrected chi connectivity index (χ3v) is 5.86. The van der Waals surface area contributed by atoms with Crippen molar-refractivity contribution in [2.75, 3.05) is 10.7 Å². The first-order valence-corrected chi connectivity index (χ1v) is 9.70. The lowest BCUT2D eigenvalue weighted by Crippen LogP contribution is -2.35. The van der Waals surface area contributed by atoms with Crippen molar-refractivity contribution >= 4 is 40.9 Å². The van der Waals surface area contributed by atoms with Gasteiger partial charge in [0.15, 0.2) is 0 Å². The van der Waals surface area contributed by atoms with Crippen LogP contribution in [0.25, 0.3) is 0 Å². The maximum absolute atomic E-state index is 14.2. The van der Waals surface area contributed by atoms with Crippen LogP contribution in [-0.2, 0) is 11.3 Å². The molecule has 1 saturated carbocycles. The Balaban J connectivity index is 1.68. The molecule has 4 rings (SSSR count). The summed E-state index contributed by atoms with van der Waals surface area (Å²) in [6.45, 7) is 0.0333. The van der Waals surface area contributed by atoms with Gasteiger partial charge >= 0.3 is 0 Å². The minimum Gasteiger partial charge on any atom is -0.349 e. The quantitative estimate of drug-likeness (QED) is 0.858. The van der Waals surface area contributed by atoms with Gasteiger partial charge < -0.3 is 10.2 Å². The molecule has 1 aliphatic carbocycles. The zero-order valence-electron chi connectivity index (χ0n) is 13.8. The van der Waals surface area contributed by atoms with Gasteiger partial charge in [0.2, 0.25) is 5.91 Å². The number of fused-ring (bicyclic) bond motifs is 1. The number of anilines is 1. The highest BCUT2D eigenvalue weighted by Gasteiger charge is 2.28. The van der Waals surface area contributed by atoms with Crippen molar-refractivity contribution in [1.82, 2.24) is 5.32 Å². The molecule has 0 saturated heterocycles. The summed E-state index contributed by atoms with van der Waals surface area (Å²) in [5.74, 6) is -0.469. The van der Waals surface area contributed by atoms with E-state index in [2.05, 4.69) is 5.32 Å². The Labute approximate surface area is 159 Å². The number of thioether (sulfide) groups is 1.